The van der Waals surface area contributed by atoms with Gasteiger partial charge in [-0.25, -0.2) is 13.8 Å². The van der Waals surface area contributed by atoms with Gasteiger partial charge in [-0.15, -0.1) is 4.36 Å². The lowest BCUT2D eigenvalue weighted by Gasteiger charge is -2.15. The molecule has 5 rings (SSSR count). The van der Waals surface area contributed by atoms with E-state index in [-0.39, 0.29) is 16.0 Å². The molecular formula is C22H21N3O5S. The van der Waals surface area contributed by atoms with Crippen molar-refractivity contribution in [3.8, 4) is 0 Å². The quantitative estimate of drug-likeness (QED) is 0.698. The van der Waals surface area contributed by atoms with Gasteiger partial charge in [0.1, 0.15) is 0 Å². The van der Waals surface area contributed by atoms with Crippen LogP contribution in [0.15, 0.2) is 33.5 Å². The number of amides is 3. The standard InChI is InChI=1S/C22H21N3O5S/c1-30-21(27)14-8-9-17-18(11-14)31(29,24-20(17)26)25-22(28)23-19-15-6-2-4-12(15)10-13-5-3-7-16(13)19/h8-11H,2-7H2,1H3,(H2,23,24,25,26,28,29). The van der Waals surface area contributed by atoms with E-state index in [2.05, 4.69) is 25.2 Å². The van der Waals surface area contributed by atoms with Gasteiger partial charge in [-0.3, -0.25) is 9.52 Å². The summed E-state index contributed by atoms with van der Waals surface area (Å²) in [7, 11) is -2.34. The Morgan fingerprint density at radius 1 is 1.06 bits per heavy atom. The Morgan fingerprint density at radius 3 is 2.39 bits per heavy atom. The van der Waals surface area contributed by atoms with Gasteiger partial charge in [-0.2, -0.15) is 0 Å². The van der Waals surface area contributed by atoms with Gasteiger partial charge >= 0.3 is 12.0 Å². The number of benzene rings is 2. The number of esters is 1. The minimum Gasteiger partial charge on any atom is -0.465 e. The molecule has 2 aromatic rings. The van der Waals surface area contributed by atoms with Gasteiger partial charge in [0.2, 0.25) is 0 Å². The number of fused-ring (bicyclic) bond motifs is 3. The number of carbonyl (C=O) groups excluding carboxylic acids is 3. The monoisotopic (exact) mass is 439 g/mol. The maximum atomic E-state index is 13.4. The van der Waals surface area contributed by atoms with Crippen LogP contribution in [0.1, 0.15) is 55.8 Å². The van der Waals surface area contributed by atoms with E-state index in [9.17, 15) is 18.6 Å². The van der Waals surface area contributed by atoms with Gasteiger partial charge in [0.15, 0.2) is 9.92 Å². The number of ether oxygens (including phenoxy) is 1. The molecule has 3 aliphatic rings. The molecule has 0 fully saturated rings. The van der Waals surface area contributed by atoms with Crippen molar-refractivity contribution >= 4 is 33.5 Å². The van der Waals surface area contributed by atoms with Crippen LogP contribution in [0.2, 0.25) is 0 Å². The van der Waals surface area contributed by atoms with Crippen molar-refractivity contribution in [2.75, 3.05) is 12.4 Å². The van der Waals surface area contributed by atoms with Crippen LogP contribution in [0.4, 0.5) is 10.5 Å². The second-order valence-corrected chi connectivity index (χ2v) is 9.79. The van der Waals surface area contributed by atoms with Crippen LogP contribution in [0.25, 0.3) is 0 Å². The minimum absolute atomic E-state index is 0.0130. The predicted molar refractivity (Wildman–Crippen MR) is 114 cm³/mol. The number of nitrogens with one attached hydrogen (secondary N) is 2. The first kappa shape index (κ1) is 19.7. The Morgan fingerprint density at radius 2 is 1.74 bits per heavy atom. The lowest BCUT2D eigenvalue weighted by atomic mass is 9.99. The fourth-order valence-corrected chi connectivity index (χ4v) is 6.34. The molecule has 0 radical (unpaired) electrons. The highest BCUT2D eigenvalue weighted by Crippen LogP contribution is 2.38. The number of hydrogen-bond acceptors (Lipinski definition) is 5. The van der Waals surface area contributed by atoms with Crippen molar-refractivity contribution in [2.45, 2.75) is 43.4 Å². The van der Waals surface area contributed by atoms with Crippen molar-refractivity contribution in [1.29, 1.82) is 0 Å². The molecule has 0 spiro atoms. The number of hydrogen-bond donors (Lipinski definition) is 2. The number of rotatable bonds is 2. The summed E-state index contributed by atoms with van der Waals surface area (Å²) in [6.45, 7) is 0. The fourth-order valence-electron chi connectivity index (χ4n) is 4.70. The largest absolute Gasteiger partial charge is 0.465 e. The molecule has 0 bridgehead atoms. The van der Waals surface area contributed by atoms with E-state index >= 15 is 0 Å². The van der Waals surface area contributed by atoms with Crippen molar-refractivity contribution < 1.29 is 23.3 Å². The predicted octanol–water partition coefficient (Wildman–Crippen LogP) is 3.17. The number of urea groups is 1. The average molecular weight is 439 g/mol. The smallest absolute Gasteiger partial charge is 0.355 e. The molecule has 0 saturated carbocycles. The van der Waals surface area contributed by atoms with Crippen LogP contribution in [-0.4, -0.2) is 29.2 Å². The second kappa shape index (κ2) is 7.19. The average Bonchev–Trinajstić information content (AvgIpc) is 3.46. The number of methoxy groups -OCH3 is 1. The Bertz CT molecular complexity index is 1260. The lowest BCUT2D eigenvalue weighted by molar-refractivity contribution is 0.0600. The van der Waals surface area contributed by atoms with E-state index in [0.29, 0.717) is 0 Å². The molecule has 1 atom stereocenters. The summed E-state index contributed by atoms with van der Waals surface area (Å²) in [5, 5.41) is 2.86. The Labute approximate surface area is 179 Å². The highest BCUT2D eigenvalue weighted by Gasteiger charge is 2.33. The highest BCUT2D eigenvalue weighted by molar-refractivity contribution is 7.93. The van der Waals surface area contributed by atoms with Gasteiger partial charge < -0.3 is 10.1 Å². The molecule has 3 amide bonds. The van der Waals surface area contributed by atoms with Crippen LogP contribution in [0.3, 0.4) is 0 Å². The molecule has 1 aliphatic heterocycles. The van der Waals surface area contributed by atoms with Gasteiger partial charge in [0.25, 0.3) is 5.91 Å². The second-order valence-electron chi connectivity index (χ2n) is 7.92. The molecule has 0 saturated heterocycles. The summed E-state index contributed by atoms with van der Waals surface area (Å²) >= 11 is 0. The molecule has 1 heterocycles. The van der Waals surface area contributed by atoms with Crippen molar-refractivity contribution in [2.24, 2.45) is 4.36 Å². The summed E-state index contributed by atoms with van der Waals surface area (Å²) in [5.74, 6) is -1.24. The fraction of sp³-hybridized carbons (Fsp3) is 0.318. The third-order valence-electron chi connectivity index (χ3n) is 6.09. The first-order valence-corrected chi connectivity index (χ1v) is 11.7. The molecule has 8 nitrogen and oxygen atoms in total. The number of carbonyl (C=O) groups is 3. The van der Waals surface area contributed by atoms with Crippen LogP contribution in [0.5, 0.6) is 0 Å². The number of nitrogens with zero attached hydrogens (tertiary/aromatic N) is 1. The third kappa shape index (κ3) is 3.20. The lowest BCUT2D eigenvalue weighted by Crippen LogP contribution is -2.23. The molecule has 2 aromatic carbocycles. The Balaban J connectivity index is 1.54. The Kier molecular flexibility index (Phi) is 4.58. The van der Waals surface area contributed by atoms with Crippen molar-refractivity contribution in [3.63, 3.8) is 0 Å². The summed E-state index contributed by atoms with van der Waals surface area (Å²) in [5.41, 5.74) is 5.79. The van der Waals surface area contributed by atoms with Crippen molar-refractivity contribution in [1.82, 2.24) is 4.72 Å². The van der Waals surface area contributed by atoms with Gasteiger partial charge in [0.05, 0.1) is 23.1 Å². The van der Waals surface area contributed by atoms with Gasteiger partial charge in [0, 0.05) is 5.69 Å². The molecule has 160 valence electrons. The molecular weight excluding hydrogens is 418 g/mol. The summed E-state index contributed by atoms with van der Waals surface area (Å²) in [4.78, 5) is 37.0. The molecule has 0 aromatic heterocycles. The van der Waals surface area contributed by atoms with Crippen LogP contribution in [0, 0.1) is 0 Å². The first-order chi connectivity index (χ1) is 14.9. The van der Waals surface area contributed by atoms with E-state index in [1.807, 2.05) is 0 Å². The zero-order chi connectivity index (χ0) is 21.8. The summed E-state index contributed by atoms with van der Waals surface area (Å²) in [6.07, 6.45) is 5.81. The van der Waals surface area contributed by atoms with E-state index < -0.39 is 27.8 Å². The molecule has 2 aliphatic carbocycles. The molecule has 2 N–H and O–H groups in total. The maximum absolute atomic E-state index is 13.4. The summed E-state index contributed by atoms with van der Waals surface area (Å²) in [6, 6.07) is 5.55. The number of anilines is 1. The molecule has 1 unspecified atom stereocenters. The number of aryl methyl sites for hydroxylation is 2. The van der Waals surface area contributed by atoms with Crippen molar-refractivity contribution in [3.05, 3.63) is 57.6 Å². The van der Waals surface area contributed by atoms with Crippen LogP contribution >= 0.6 is 0 Å². The zero-order valence-corrected chi connectivity index (χ0v) is 17.8. The molecule has 9 heteroatoms. The highest BCUT2D eigenvalue weighted by atomic mass is 32.2. The topological polar surface area (TPSA) is 114 Å². The minimum atomic E-state index is -3.57. The van der Waals surface area contributed by atoms with E-state index in [1.165, 1.54) is 36.4 Å². The molecule has 31 heavy (non-hydrogen) atoms. The SMILES string of the molecule is COC(=O)c1ccc2c(c1)S(=O)(=NC(=O)Nc1c3c(cc4c1CCC4)CCC3)NC2=O. The van der Waals surface area contributed by atoms with E-state index in [4.69, 9.17) is 0 Å². The normalized spacial score (nSPS) is 20.5. The first-order valence-electron chi connectivity index (χ1n) is 10.2. The third-order valence-corrected chi connectivity index (χ3v) is 7.91. The maximum Gasteiger partial charge on any atom is 0.355 e. The van der Waals surface area contributed by atoms with Crippen LogP contribution in [-0.2, 0) is 40.3 Å². The Hall–Kier alpha value is -3.20. The van der Waals surface area contributed by atoms with Crippen LogP contribution < -0.4 is 10.0 Å². The van der Waals surface area contributed by atoms with E-state index in [1.54, 1.807) is 0 Å². The van der Waals surface area contributed by atoms with Gasteiger partial charge in [-0.05, 0) is 79.0 Å². The van der Waals surface area contributed by atoms with Gasteiger partial charge in [-0.1, -0.05) is 6.07 Å². The summed E-state index contributed by atoms with van der Waals surface area (Å²) < 4.78 is 24.3. The zero-order valence-electron chi connectivity index (χ0n) is 16.9. The van der Waals surface area contributed by atoms with E-state index in [0.717, 1.165) is 55.3 Å².